The molecule has 0 saturated carbocycles. The van der Waals surface area contributed by atoms with Gasteiger partial charge >= 0.3 is 0 Å². The maximum absolute atomic E-state index is 12.0. The van der Waals surface area contributed by atoms with Gasteiger partial charge in [-0.15, -0.1) is 0 Å². The Morgan fingerprint density at radius 1 is 0.821 bits per heavy atom. The van der Waals surface area contributed by atoms with Crippen LogP contribution in [0.1, 0.15) is 85.0 Å². The first-order chi connectivity index (χ1) is 13.7. The van der Waals surface area contributed by atoms with E-state index in [-0.39, 0.29) is 5.78 Å². The maximum atomic E-state index is 12.0. The SMILES string of the molecule is C=CC(=O)c1ccc(/C=C/c2ccccc2CCCCC)c(CCCCC)c1. The van der Waals surface area contributed by atoms with Gasteiger partial charge in [-0.1, -0.05) is 94.7 Å². The molecule has 2 aromatic carbocycles. The van der Waals surface area contributed by atoms with Crippen LogP contribution in [-0.4, -0.2) is 5.78 Å². The van der Waals surface area contributed by atoms with Crippen LogP contribution in [0.4, 0.5) is 0 Å². The number of benzene rings is 2. The maximum Gasteiger partial charge on any atom is 0.185 e. The largest absolute Gasteiger partial charge is 0.289 e. The van der Waals surface area contributed by atoms with Crippen molar-refractivity contribution < 1.29 is 4.79 Å². The minimum atomic E-state index is -0.00598. The van der Waals surface area contributed by atoms with Gasteiger partial charge in [0.1, 0.15) is 0 Å². The lowest BCUT2D eigenvalue weighted by Gasteiger charge is -2.09. The fraction of sp³-hybridized carbons (Fsp3) is 0.370. The second-order valence-electron chi connectivity index (χ2n) is 7.43. The van der Waals surface area contributed by atoms with Gasteiger partial charge in [0.05, 0.1) is 0 Å². The summed E-state index contributed by atoms with van der Waals surface area (Å²) in [6.45, 7) is 8.08. The van der Waals surface area contributed by atoms with Gasteiger partial charge in [0.2, 0.25) is 0 Å². The van der Waals surface area contributed by atoms with Gasteiger partial charge < -0.3 is 0 Å². The first kappa shape index (κ1) is 21.9. The minimum Gasteiger partial charge on any atom is -0.289 e. The summed E-state index contributed by atoms with van der Waals surface area (Å²) in [4.78, 5) is 12.0. The molecule has 0 aromatic heterocycles. The van der Waals surface area contributed by atoms with E-state index < -0.39 is 0 Å². The van der Waals surface area contributed by atoms with Crippen LogP contribution in [-0.2, 0) is 12.8 Å². The fourth-order valence-corrected chi connectivity index (χ4v) is 3.49. The lowest BCUT2D eigenvalue weighted by atomic mass is 9.95. The zero-order valence-corrected chi connectivity index (χ0v) is 17.5. The summed E-state index contributed by atoms with van der Waals surface area (Å²) < 4.78 is 0. The van der Waals surface area contributed by atoms with Crippen molar-refractivity contribution in [2.24, 2.45) is 0 Å². The predicted molar refractivity (Wildman–Crippen MR) is 123 cm³/mol. The lowest BCUT2D eigenvalue weighted by Crippen LogP contribution is -1.98. The Kier molecular flexibility index (Phi) is 9.48. The number of carbonyl (C=O) groups is 1. The predicted octanol–water partition coefficient (Wildman–Crippen LogP) is 7.69. The Hall–Kier alpha value is -2.41. The van der Waals surface area contributed by atoms with Crippen LogP contribution in [0.5, 0.6) is 0 Å². The molecular weight excluding hydrogens is 340 g/mol. The zero-order valence-electron chi connectivity index (χ0n) is 17.5. The van der Waals surface area contributed by atoms with Crippen molar-refractivity contribution in [1.29, 1.82) is 0 Å². The third kappa shape index (κ3) is 6.64. The molecule has 0 amide bonds. The molecule has 0 unspecified atom stereocenters. The Bertz CT molecular complexity index is 798. The summed E-state index contributed by atoms with van der Waals surface area (Å²) in [6, 6.07) is 14.7. The van der Waals surface area contributed by atoms with Crippen molar-refractivity contribution in [3.8, 4) is 0 Å². The molecule has 0 radical (unpaired) electrons. The molecule has 28 heavy (non-hydrogen) atoms. The Morgan fingerprint density at radius 3 is 2.07 bits per heavy atom. The highest BCUT2D eigenvalue weighted by atomic mass is 16.1. The first-order valence-electron chi connectivity index (χ1n) is 10.7. The number of allylic oxidation sites excluding steroid dienone is 1. The second-order valence-corrected chi connectivity index (χ2v) is 7.43. The van der Waals surface area contributed by atoms with E-state index in [1.165, 1.54) is 60.4 Å². The first-order valence-corrected chi connectivity index (χ1v) is 10.7. The molecule has 2 aromatic rings. The monoisotopic (exact) mass is 374 g/mol. The van der Waals surface area contributed by atoms with Crippen molar-refractivity contribution in [1.82, 2.24) is 0 Å². The topological polar surface area (TPSA) is 17.1 Å². The van der Waals surface area contributed by atoms with Crippen LogP contribution in [0.2, 0.25) is 0 Å². The van der Waals surface area contributed by atoms with Crippen LogP contribution in [0.15, 0.2) is 55.1 Å². The second kappa shape index (κ2) is 12.1. The van der Waals surface area contributed by atoms with E-state index in [0.29, 0.717) is 0 Å². The van der Waals surface area contributed by atoms with Crippen LogP contribution >= 0.6 is 0 Å². The highest BCUT2D eigenvalue weighted by molar-refractivity contribution is 6.04. The van der Waals surface area contributed by atoms with Gasteiger partial charge in [-0.2, -0.15) is 0 Å². The average molecular weight is 375 g/mol. The van der Waals surface area contributed by atoms with Crippen molar-refractivity contribution in [3.63, 3.8) is 0 Å². The van der Waals surface area contributed by atoms with E-state index in [4.69, 9.17) is 0 Å². The van der Waals surface area contributed by atoms with Crippen molar-refractivity contribution in [2.75, 3.05) is 0 Å². The van der Waals surface area contributed by atoms with E-state index in [1.807, 2.05) is 12.1 Å². The number of carbonyl (C=O) groups excluding carboxylic acids is 1. The molecule has 2 rings (SSSR count). The summed E-state index contributed by atoms with van der Waals surface area (Å²) in [7, 11) is 0. The molecule has 148 valence electrons. The van der Waals surface area contributed by atoms with E-state index in [9.17, 15) is 4.79 Å². The third-order valence-corrected chi connectivity index (χ3v) is 5.21. The summed E-state index contributed by atoms with van der Waals surface area (Å²) >= 11 is 0. The number of hydrogen-bond acceptors (Lipinski definition) is 1. The van der Waals surface area contributed by atoms with E-state index in [2.05, 4.69) is 62.9 Å². The number of rotatable bonds is 12. The molecule has 0 heterocycles. The van der Waals surface area contributed by atoms with Gasteiger partial charge in [-0.05, 0) is 60.1 Å². The van der Waals surface area contributed by atoms with E-state index in [1.54, 1.807) is 0 Å². The molecule has 0 fully saturated rings. The standard InChI is InChI=1S/C27H34O/c1-4-7-9-13-22-14-11-12-15-23(22)17-18-24-19-20-26(27(28)6-3)21-25(24)16-10-8-5-2/h6,11-12,14-15,17-21H,3-5,7-10,13,16H2,1-2H3/b18-17+. The van der Waals surface area contributed by atoms with E-state index in [0.717, 1.165) is 24.8 Å². The number of unbranched alkanes of at least 4 members (excludes halogenated alkanes) is 4. The third-order valence-electron chi connectivity index (χ3n) is 5.21. The van der Waals surface area contributed by atoms with Crippen molar-refractivity contribution >= 4 is 17.9 Å². The molecule has 0 spiro atoms. The summed E-state index contributed by atoms with van der Waals surface area (Å²) in [5, 5.41) is 0. The normalized spacial score (nSPS) is 11.1. The van der Waals surface area contributed by atoms with Crippen molar-refractivity contribution in [3.05, 3.63) is 82.9 Å². The Morgan fingerprint density at radius 2 is 1.43 bits per heavy atom. The van der Waals surface area contributed by atoms with Crippen molar-refractivity contribution in [2.45, 2.75) is 65.2 Å². The highest BCUT2D eigenvalue weighted by Crippen LogP contribution is 2.21. The number of hydrogen-bond donors (Lipinski definition) is 0. The Labute approximate surface area is 171 Å². The molecule has 0 aliphatic heterocycles. The number of ketones is 1. The molecule has 0 aliphatic rings. The molecule has 1 nitrogen and oxygen atoms in total. The van der Waals surface area contributed by atoms with E-state index >= 15 is 0 Å². The quantitative estimate of drug-likeness (QED) is 0.161. The van der Waals surface area contributed by atoms with Crippen LogP contribution in [0.25, 0.3) is 12.2 Å². The van der Waals surface area contributed by atoms with Gasteiger partial charge in [-0.25, -0.2) is 0 Å². The number of aryl methyl sites for hydroxylation is 2. The molecule has 1 heteroatoms. The Balaban J connectivity index is 2.26. The smallest absolute Gasteiger partial charge is 0.185 e. The fourth-order valence-electron chi connectivity index (χ4n) is 3.49. The van der Waals surface area contributed by atoms with Gasteiger partial charge in [0.25, 0.3) is 0 Å². The van der Waals surface area contributed by atoms with Gasteiger partial charge in [0, 0.05) is 5.56 Å². The summed E-state index contributed by atoms with van der Waals surface area (Å²) in [5.41, 5.74) is 5.90. The molecular formula is C27H34O. The zero-order chi connectivity index (χ0) is 20.2. The van der Waals surface area contributed by atoms with Crippen LogP contribution in [0.3, 0.4) is 0 Å². The molecule has 0 N–H and O–H groups in total. The molecule has 0 saturated heterocycles. The van der Waals surface area contributed by atoms with Crippen LogP contribution in [0, 0.1) is 0 Å². The summed E-state index contributed by atoms with van der Waals surface area (Å²) in [5.74, 6) is -0.00598. The molecule has 0 aliphatic carbocycles. The molecule has 0 bridgehead atoms. The summed E-state index contributed by atoms with van der Waals surface area (Å²) in [6.07, 6.45) is 15.3. The lowest BCUT2D eigenvalue weighted by molar-refractivity contribution is 0.104. The van der Waals surface area contributed by atoms with Gasteiger partial charge in [-0.3, -0.25) is 4.79 Å². The highest BCUT2D eigenvalue weighted by Gasteiger charge is 2.07. The molecule has 0 atom stereocenters. The van der Waals surface area contributed by atoms with Gasteiger partial charge in [0.15, 0.2) is 5.78 Å². The minimum absolute atomic E-state index is 0.00598. The average Bonchev–Trinajstić information content (AvgIpc) is 2.73. The van der Waals surface area contributed by atoms with Crippen LogP contribution < -0.4 is 0 Å².